The summed E-state index contributed by atoms with van der Waals surface area (Å²) in [6, 6.07) is 2.05. The minimum Gasteiger partial charge on any atom is -0.394 e. The number of hydrogen-bond donors (Lipinski definition) is 3. The molecule has 3 atom stereocenters. The molecular weight excluding hydrogens is 298 g/mol. The fourth-order valence-corrected chi connectivity index (χ4v) is 3.23. The first kappa shape index (κ1) is 13.7. The van der Waals surface area contributed by atoms with Crippen LogP contribution < -0.4 is 16.2 Å². The van der Waals surface area contributed by atoms with Crippen molar-refractivity contribution in [2.75, 3.05) is 12.3 Å². The molecule has 0 aromatic carbocycles. The Balaban J connectivity index is 2.21. The second-order valence-corrected chi connectivity index (χ2v) is 5.61. The molecular formula is C11H11N5O4S. The van der Waals surface area contributed by atoms with Gasteiger partial charge in [0.25, 0.3) is 5.56 Å². The first-order chi connectivity index (χ1) is 10.0. The number of aromatic nitrogens is 3. The normalized spacial score (nSPS) is 25.2. The van der Waals surface area contributed by atoms with Crippen LogP contribution in [0, 0.1) is 17.2 Å². The summed E-state index contributed by atoms with van der Waals surface area (Å²) >= 11 is 0.716. The Morgan fingerprint density at radius 3 is 3.05 bits per heavy atom. The van der Waals surface area contributed by atoms with Gasteiger partial charge in [-0.05, 0) is 6.42 Å². The van der Waals surface area contributed by atoms with Crippen LogP contribution in [0.3, 0.4) is 0 Å². The lowest BCUT2D eigenvalue weighted by molar-refractivity contribution is -0.0272. The molecule has 1 fully saturated rings. The van der Waals surface area contributed by atoms with Crippen LogP contribution >= 0.6 is 11.3 Å². The topological polar surface area (TPSA) is 147 Å². The molecule has 9 nitrogen and oxygen atoms in total. The number of ether oxygens (including phenoxy) is 1. The van der Waals surface area contributed by atoms with Gasteiger partial charge in [0.15, 0.2) is 11.9 Å². The minimum absolute atomic E-state index is 0.0927. The molecule has 1 aliphatic rings. The maximum absolute atomic E-state index is 12.1. The van der Waals surface area contributed by atoms with Crippen molar-refractivity contribution in [2.45, 2.75) is 18.8 Å². The first-order valence-corrected chi connectivity index (χ1v) is 6.93. The van der Waals surface area contributed by atoms with Crippen molar-refractivity contribution in [3.8, 4) is 6.07 Å². The van der Waals surface area contributed by atoms with Crippen LogP contribution in [0.2, 0.25) is 0 Å². The smallest absolute Gasteiger partial charge is 0.311 e. The highest BCUT2D eigenvalue weighted by Crippen LogP contribution is 2.34. The molecule has 1 saturated heterocycles. The number of H-pyrrole nitrogens is 1. The maximum atomic E-state index is 12.1. The fraction of sp³-hybridized carbons (Fsp3) is 0.455. The molecule has 0 amide bonds. The van der Waals surface area contributed by atoms with Crippen LogP contribution in [0.15, 0.2) is 9.59 Å². The SMILES string of the molecule is N#CC1CC(CO)OC1n1c(=O)sc2c(=O)[nH]c(N)nc21. The van der Waals surface area contributed by atoms with Crippen LogP contribution in [-0.2, 0) is 4.74 Å². The molecule has 0 bridgehead atoms. The first-order valence-electron chi connectivity index (χ1n) is 6.12. The van der Waals surface area contributed by atoms with E-state index in [4.69, 9.17) is 15.6 Å². The predicted octanol–water partition coefficient (Wildman–Crippen LogP) is -0.852. The van der Waals surface area contributed by atoms with Crippen LogP contribution in [-0.4, -0.2) is 32.4 Å². The summed E-state index contributed by atoms with van der Waals surface area (Å²) in [5, 5.41) is 18.3. The highest BCUT2D eigenvalue weighted by Gasteiger charge is 2.38. The number of aliphatic hydroxyl groups excluding tert-OH is 1. The lowest BCUT2D eigenvalue weighted by Crippen LogP contribution is -2.25. The number of anilines is 1. The maximum Gasteiger partial charge on any atom is 0.311 e. The lowest BCUT2D eigenvalue weighted by Gasteiger charge is -2.15. The Hall–Kier alpha value is -2.22. The molecule has 4 N–H and O–H groups in total. The number of thiazole rings is 1. The van der Waals surface area contributed by atoms with E-state index in [0.717, 1.165) is 4.57 Å². The number of nitrogens with one attached hydrogen (secondary N) is 1. The van der Waals surface area contributed by atoms with Gasteiger partial charge in [0.05, 0.1) is 24.7 Å². The number of nitrogen functional groups attached to an aromatic ring is 1. The minimum atomic E-state index is -0.887. The molecule has 2 aromatic heterocycles. The number of nitrogens with two attached hydrogens (primary N) is 1. The number of fused-ring (bicyclic) bond motifs is 1. The average molecular weight is 309 g/mol. The summed E-state index contributed by atoms with van der Waals surface area (Å²) in [5.74, 6) is -0.732. The third-order valence-corrected chi connectivity index (χ3v) is 4.25. The summed E-state index contributed by atoms with van der Waals surface area (Å²) in [7, 11) is 0. The standard InChI is InChI=1S/C11H11N5O4S/c12-2-4-1-5(3-17)20-9(4)16-7-6(21-11(16)19)8(18)15-10(13)14-7/h4-5,9,17H,1,3H2,(H3,13,14,15,18). The molecule has 110 valence electrons. The lowest BCUT2D eigenvalue weighted by atomic mass is 10.1. The summed E-state index contributed by atoms with van der Waals surface area (Å²) in [6.07, 6.45) is -1.11. The Morgan fingerprint density at radius 1 is 1.62 bits per heavy atom. The Bertz CT molecular complexity index is 847. The van der Waals surface area contributed by atoms with Crippen LogP contribution in [0.4, 0.5) is 5.95 Å². The Labute approximate surface area is 121 Å². The molecule has 0 radical (unpaired) electrons. The van der Waals surface area contributed by atoms with Crippen molar-refractivity contribution < 1.29 is 9.84 Å². The number of hydrogen-bond acceptors (Lipinski definition) is 8. The van der Waals surface area contributed by atoms with Gasteiger partial charge < -0.3 is 15.6 Å². The molecule has 1 aliphatic heterocycles. The predicted molar refractivity (Wildman–Crippen MR) is 73.6 cm³/mol. The summed E-state index contributed by atoms with van der Waals surface area (Å²) in [4.78, 5) is 29.7. The van der Waals surface area contributed by atoms with Crippen LogP contribution in [0.5, 0.6) is 0 Å². The second kappa shape index (κ2) is 4.96. The van der Waals surface area contributed by atoms with Crippen molar-refractivity contribution in [1.82, 2.24) is 14.5 Å². The zero-order valence-corrected chi connectivity index (χ0v) is 11.5. The summed E-state index contributed by atoms with van der Waals surface area (Å²) in [6.45, 7) is -0.248. The molecule has 0 aliphatic carbocycles. The van der Waals surface area contributed by atoms with Crippen molar-refractivity contribution in [3.63, 3.8) is 0 Å². The van der Waals surface area contributed by atoms with E-state index in [2.05, 4.69) is 16.0 Å². The number of nitrogens with zero attached hydrogens (tertiary/aromatic N) is 3. The molecule has 10 heteroatoms. The van der Waals surface area contributed by atoms with Crippen LogP contribution in [0.1, 0.15) is 12.6 Å². The molecule has 3 rings (SSSR count). The Morgan fingerprint density at radius 2 is 2.38 bits per heavy atom. The van der Waals surface area contributed by atoms with Gasteiger partial charge >= 0.3 is 4.87 Å². The van der Waals surface area contributed by atoms with E-state index in [1.165, 1.54) is 0 Å². The van der Waals surface area contributed by atoms with E-state index in [-0.39, 0.29) is 22.9 Å². The highest BCUT2D eigenvalue weighted by atomic mass is 32.1. The van der Waals surface area contributed by atoms with E-state index >= 15 is 0 Å². The summed E-state index contributed by atoms with van der Waals surface area (Å²) < 4.78 is 6.82. The van der Waals surface area contributed by atoms with E-state index < -0.39 is 28.7 Å². The molecule has 21 heavy (non-hydrogen) atoms. The third-order valence-electron chi connectivity index (χ3n) is 3.31. The van der Waals surface area contributed by atoms with Gasteiger partial charge in [0.1, 0.15) is 4.70 Å². The zero-order chi connectivity index (χ0) is 15.1. The van der Waals surface area contributed by atoms with E-state index in [1.54, 1.807) is 0 Å². The number of nitriles is 1. The molecule has 0 spiro atoms. The van der Waals surface area contributed by atoms with Gasteiger partial charge in [-0.1, -0.05) is 11.3 Å². The van der Waals surface area contributed by atoms with Gasteiger partial charge in [0, 0.05) is 0 Å². The van der Waals surface area contributed by atoms with Gasteiger partial charge in [0.2, 0.25) is 5.95 Å². The summed E-state index contributed by atoms with van der Waals surface area (Å²) in [5.41, 5.74) is 5.08. The van der Waals surface area contributed by atoms with Crippen molar-refractivity contribution in [1.29, 1.82) is 5.26 Å². The van der Waals surface area contributed by atoms with Gasteiger partial charge in [-0.25, -0.2) is 0 Å². The van der Waals surface area contributed by atoms with E-state index in [0.29, 0.717) is 17.8 Å². The molecule has 3 heterocycles. The van der Waals surface area contributed by atoms with Crippen molar-refractivity contribution in [3.05, 3.63) is 20.0 Å². The zero-order valence-electron chi connectivity index (χ0n) is 10.6. The monoisotopic (exact) mass is 309 g/mol. The van der Waals surface area contributed by atoms with E-state index in [9.17, 15) is 14.9 Å². The number of aliphatic hydroxyl groups is 1. The van der Waals surface area contributed by atoms with Crippen LogP contribution in [0.25, 0.3) is 10.3 Å². The molecule has 0 saturated carbocycles. The van der Waals surface area contributed by atoms with Crippen molar-refractivity contribution in [2.24, 2.45) is 5.92 Å². The number of rotatable bonds is 2. The van der Waals surface area contributed by atoms with Gasteiger partial charge in [-0.3, -0.25) is 19.1 Å². The number of aromatic amines is 1. The quantitative estimate of drug-likeness (QED) is 0.654. The van der Waals surface area contributed by atoms with E-state index in [1.807, 2.05) is 0 Å². The fourth-order valence-electron chi connectivity index (χ4n) is 2.39. The molecule has 2 aromatic rings. The van der Waals surface area contributed by atoms with Crippen molar-refractivity contribution >= 4 is 27.6 Å². The second-order valence-electron chi connectivity index (χ2n) is 4.64. The Kier molecular flexibility index (Phi) is 3.25. The highest BCUT2D eigenvalue weighted by molar-refractivity contribution is 7.16. The average Bonchev–Trinajstić information content (AvgIpc) is 2.99. The largest absolute Gasteiger partial charge is 0.394 e. The van der Waals surface area contributed by atoms with Gasteiger partial charge in [-0.2, -0.15) is 10.2 Å². The molecule has 3 unspecified atom stereocenters. The van der Waals surface area contributed by atoms with Gasteiger partial charge in [-0.15, -0.1) is 0 Å². The third kappa shape index (κ3) is 2.11.